The van der Waals surface area contributed by atoms with E-state index in [1.54, 1.807) is 0 Å². The van der Waals surface area contributed by atoms with Crippen LogP contribution in [0.3, 0.4) is 0 Å². The Balaban J connectivity index is 0.000000277. The van der Waals surface area contributed by atoms with Gasteiger partial charge in [-0.1, -0.05) is 54.1 Å². The molecule has 1 aliphatic heterocycles. The quantitative estimate of drug-likeness (QED) is 0.726. The first kappa shape index (κ1) is 16.7. The van der Waals surface area contributed by atoms with E-state index in [0.717, 1.165) is 0 Å². The summed E-state index contributed by atoms with van der Waals surface area (Å²) >= 11 is 0. The predicted octanol–water partition coefficient (Wildman–Crippen LogP) is 0.0248. The molecule has 1 atom stereocenters. The summed E-state index contributed by atoms with van der Waals surface area (Å²) in [7, 11) is 0. The monoisotopic (exact) mass is 313 g/mol. The highest BCUT2D eigenvalue weighted by Gasteiger charge is 2.23. The standard InChI is InChI=1S/C16H17N.C2H2O4/c1-12-6-8-14(9-7-12)16-15-5-3-2-4-13(15)10-11-17-16;3-1(4)2(5)6/h2-9,16-17H,10-11H2,1H3;(H,3,4)(H,5,6). The third kappa shape index (κ3) is 4.40. The van der Waals surface area contributed by atoms with E-state index in [4.69, 9.17) is 19.8 Å². The van der Waals surface area contributed by atoms with E-state index in [-0.39, 0.29) is 0 Å². The van der Waals surface area contributed by atoms with E-state index in [2.05, 4.69) is 60.8 Å². The molecule has 1 heterocycles. The molecule has 1 aliphatic rings. The number of fused-ring (bicyclic) bond motifs is 1. The van der Waals surface area contributed by atoms with Gasteiger partial charge in [0.2, 0.25) is 0 Å². The molecule has 0 fully saturated rings. The molecule has 0 bridgehead atoms. The molecule has 2 aromatic carbocycles. The lowest BCUT2D eigenvalue weighted by atomic mass is 9.90. The van der Waals surface area contributed by atoms with E-state index in [1.807, 2.05) is 0 Å². The molecule has 5 nitrogen and oxygen atoms in total. The number of hydrogen-bond acceptors (Lipinski definition) is 3. The number of rotatable bonds is 1. The summed E-state index contributed by atoms with van der Waals surface area (Å²) in [6.45, 7) is 3.33. The fraction of sp³-hybridized carbons (Fsp3) is 0.222. The van der Waals surface area contributed by atoms with Crippen LogP contribution in [0.2, 0.25) is 0 Å². The lowest BCUT2D eigenvalue weighted by Crippen LogP contribution is -2.87. The Hall–Kier alpha value is -2.66. The first-order valence-electron chi connectivity index (χ1n) is 7.41. The first-order chi connectivity index (χ1) is 11.0. The summed E-state index contributed by atoms with van der Waals surface area (Å²) in [4.78, 5) is 18.0. The number of quaternary nitrogens is 1. The number of carboxylic acids is 2. The molecule has 0 aromatic heterocycles. The van der Waals surface area contributed by atoms with Gasteiger partial charge in [0, 0.05) is 17.5 Å². The Morgan fingerprint density at radius 3 is 2.35 bits per heavy atom. The van der Waals surface area contributed by atoms with Gasteiger partial charge >= 0.3 is 5.97 Å². The number of aliphatic carboxylic acids is 2. The van der Waals surface area contributed by atoms with Crippen molar-refractivity contribution >= 4 is 11.9 Å². The van der Waals surface area contributed by atoms with Crippen LogP contribution in [0.1, 0.15) is 28.3 Å². The number of benzene rings is 2. The van der Waals surface area contributed by atoms with Gasteiger partial charge in [-0.3, -0.25) is 0 Å². The van der Waals surface area contributed by atoms with Crippen molar-refractivity contribution in [1.82, 2.24) is 0 Å². The van der Waals surface area contributed by atoms with Crippen molar-refractivity contribution in [2.45, 2.75) is 19.4 Å². The second-order valence-corrected chi connectivity index (χ2v) is 5.45. The minimum Gasteiger partial charge on any atom is -0.539 e. The van der Waals surface area contributed by atoms with Gasteiger partial charge in [-0.15, -0.1) is 0 Å². The van der Waals surface area contributed by atoms with E-state index >= 15 is 0 Å². The van der Waals surface area contributed by atoms with Gasteiger partial charge in [0.25, 0.3) is 0 Å². The highest BCUT2D eigenvalue weighted by atomic mass is 16.4. The highest BCUT2D eigenvalue weighted by Crippen LogP contribution is 2.24. The molecular weight excluding hydrogens is 294 g/mol. The lowest BCUT2D eigenvalue weighted by molar-refractivity contribution is -0.690. The van der Waals surface area contributed by atoms with Crippen molar-refractivity contribution in [3.63, 3.8) is 0 Å². The molecule has 0 spiro atoms. The van der Waals surface area contributed by atoms with Crippen LogP contribution >= 0.6 is 0 Å². The minimum absolute atomic E-state index is 0.487. The Bertz CT molecular complexity index is 682. The molecule has 120 valence electrons. The third-order valence-corrected chi connectivity index (χ3v) is 3.82. The van der Waals surface area contributed by atoms with Gasteiger partial charge in [0.1, 0.15) is 6.04 Å². The summed E-state index contributed by atoms with van der Waals surface area (Å²) in [5.41, 5.74) is 5.75. The second-order valence-electron chi connectivity index (χ2n) is 5.45. The molecule has 1 unspecified atom stereocenters. The molecule has 3 N–H and O–H groups in total. The summed E-state index contributed by atoms with van der Waals surface area (Å²) < 4.78 is 0. The van der Waals surface area contributed by atoms with Crippen LogP contribution in [-0.4, -0.2) is 23.6 Å². The maximum Gasteiger partial charge on any atom is 0.351 e. The zero-order valence-electron chi connectivity index (χ0n) is 12.9. The van der Waals surface area contributed by atoms with Crippen LogP contribution in [0.5, 0.6) is 0 Å². The zero-order chi connectivity index (χ0) is 16.8. The molecule has 3 rings (SSSR count). The number of carbonyl (C=O) groups is 2. The maximum atomic E-state index is 9.04. The number of aryl methyl sites for hydroxylation is 1. The predicted molar refractivity (Wildman–Crippen MR) is 82.6 cm³/mol. The Labute approximate surface area is 134 Å². The third-order valence-electron chi connectivity index (χ3n) is 3.82. The van der Waals surface area contributed by atoms with Crippen molar-refractivity contribution in [3.8, 4) is 0 Å². The molecule has 0 saturated carbocycles. The van der Waals surface area contributed by atoms with Crippen LogP contribution in [-0.2, 0) is 16.0 Å². The van der Waals surface area contributed by atoms with Crippen LogP contribution < -0.4 is 10.4 Å². The van der Waals surface area contributed by atoms with Gasteiger partial charge < -0.3 is 20.3 Å². The van der Waals surface area contributed by atoms with Crippen LogP contribution in [0, 0.1) is 6.92 Å². The van der Waals surface area contributed by atoms with E-state index < -0.39 is 11.9 Å². The molecular formula is C18H19NO4. The minimum atomic E-state index is -2.07. The van der Waals surface area contributed by atoms with Gasteiger partial charge in [0.05, 0.1) is 6.54 Å². The normalized spacial score (nSPS) is 15.8. The maximum absolute atomic E-state index is 9.04. The average molecular weight is 313 g/mol. The van der Waals surface area contributed by atoms with Crippen LogP contribution in [0.25, 0.3) is 0 Å². The van der Waals surface area contributed by atoms with Gasteiger partial charge in [-0.25, -0.2) is 4.79 Å². The Morgan fingerprint density at radius 2 is 1.74 bits per heavy atom. The summed E-state index contributed by atoms with van der Waals surface area (Å²) in [5.74, 6) is -4.01. The van der Waals surface area contributed by atoms with E-state index in [0.29, 0.717) is 6.04 Å². The molecule has 23 heavy (non-hydrogen) atoms. The Kier molecular flexibility index (Phi) is 5.49. The smallest absolute Gasteiger partial charge is 0.351 e. The fourth-order valence-corrected chi connectivity index (χ4v) is 2.69. The van der Waals surface area contributed by atoms with Crippen LogP contribution in [0.4, 0.5) is 0 Å². The van der Waals surface area contributed by atoms with Crippen molar-refractivity contribution in [1.29, 1.82) is 0 Å². The van der Waals surface area contributed by atoms with Gasteiger partial charge in [0.15, 0.2) is 5.97 Å². The van der Waals surface area contributed by atoms with Crippen LogP contribution in [0.15, 0.2) is 48.5 Å². The molecule has 0 radical (unpaired) electrons. The van der Waals surface area contributed by atoms with Gasteiger partial charge in [-0.05, 0) is 12.5 Å². The van der Waals surface area contributed by atoms with Crippen molar-refractivity contribution in [3.05, 3.63) is 70.8 Å². The topological polar surface area (TPSA) is 94.0 Å². The Morgan fingerprint density at radius 1 is 1.13 bits per heavy atom. The summed E-state index contributed by atoms with van der Waals surface area (Å²) in [6.07, 6.45) is 1.19. The van der Waals surface area contributed by atoms with Crippen molar-refractivity contribution in [2.24, 2.45) is 0 Å². The number of nitrogens with two attached hydrogens (primary N) is 1. The summed E-state index contributed by atoms with van der Waals surface area (Å²) in [5, 5.41) is 18.8. The fourth-order valence-electron chi connectivity index (χ4n) is 2.69. The highest BCUT2D eigenvalue weighted by molar-refractivity contribution is 6.26. The number of hydrogen-bond donors (Lipinski definition) is 2. The molecule has 2 aromatic rings. The molecule has 5 heteroatoms. The summed E-state index contributed by atoms with van der Waals surface area (Å²) in [6, 6.07) is 18.3. The lowest BCUT2D eigenvalue weighted by Gasteiger charge is -2.24. The van der Waals surface area contributed by atoms with E-state index in [9.17, 15) is 0 Å². The van der Waals surface area contributed by atoms with E-state index in [1.165, 1.54) is 35.2 Å². The van der Waals surface area contributed by atoms with Crippen molar-refractivity contribution in [2.75, 3.05) is 6.54 Å². The number of carbonyl (C=O) groups excluding carboxylic acids is 1. The second kappa shape index (κ2) is 7.56. The number of carboxylic acid groups (broad SMARTS) is 2. The van der Waals surface area contributed by atoms with Gasteiger partial charge in [-0.2, -0.15) is 0 Å². The zero-order valence-corrected chi connectivity index (χ0v) is 12.9. The average Bonchev–Trinajstić information content (AvgIpc) is 2.55. The molecule has 0 aliphatic carbocycles. The SMILES string of the molecule is Cc1ccc(C2[NH2+]CCc3ccccc32)cc1.O=C([O-])C(=O)O. The molecule has 0 saturated heterocycles. The largest absolute Gasteiger partial charge is 0.539 e. The van der Waals surface area contributed by atoms with Crippen molar-refractivity contribution < 1.29 is 25.1 Å². The molecule has 0 amide bonds. The first-order valence-corrected chi connectivity index (χ1v) is 7.41.